The van der Waals surface area contributed by atoms with Gasteiger partial charge in [0, 0.05) is 0 Å². The van der Waals surface area contributed by atoms with Gasteiger partial charge in [0.15, 0.2) is 0 Å². The van der Waals surface area contributed by atoms with Gasteiger partial charge in [-0.25, -0.2) is 0 Å². The maximum atomic E-state index is 9.58. The summed E-state index contributed by atoms with van der Waals surface area (Å²) in [5, 5.41) is 18.4. The molecule has 2 saturated carbocycles. The van der Waals surface area contributed by atoms with Crippen LogP contribution in [0.5, 0.6) is 0 Å². The van der Waals surface area contributed by atoms with Gasteiger partial charge in [-0.3, -0.25) is 0 Å². The second kappa shape index (κ2) is 2.46. The summed E-state index contributed by atoms with van der Waals surface area (Å²) in [5.74, 6) is 0.858. The lowest BCUT2D eigenvalue weighted by atomic mass is 9.79. The molecule has 0 aliphatic heterocycles. The molecule has 0 aromatic rings. The first-order valence-electron chi connectivity index (χ1n) is 4.56. The van der Waals surface area contributed by atoms with Gasteiger partial charge in [0.2, 0.25) is 0 Å². The third-order valence-electron chi connectivity index (χ3n) is 3.68. The predicted octanol–water partition coefficient (Wildman–Crippen LogP) is 0.920. The lowest BCUT2D eigenvalue weighted by molar-refractivity contribution is -0.0107. The maximum Gasteiger partial charge on any atom is 0.0827 e. The van der Waals surface area contributed by atoms with E-state index in [0.29, 0.717) is 0 Å². The van der Waals surface area contributed by atoms with Gasteiger partial charge >= 0.3 is 0 Å². The molecule has 2 N–H and O–H groups in total. The standard InChI is InChI=1S/C9H16O2/c10-6-8(11)9-3-1-7(5-9)2-4-9/h7-8,10-11H,1-6H2. The van der Waals surface area contributed by atoms with Crippen molar-refractivity contribution in [2.24, 2.45) is 11.3 Å². The number of aliphatic hydroxyl groups excluding tert-OH is 2. The van der Waals surface area contributed by atoms with E-state index in [9.17, 15) is 5.11 Å². The van der Waals surface area contributed by atoms with Gasteiger partial charge in [0.05, 0.1) is 12.7 Å². The lowest BCUT2D eigenvalue weighted by Gasteiger charge is -2.30. The largest absolute Gasteiger partial charge is 0.394 e. The molecule has 2 aliphatic rings. The Kier molecular flexibility index (Phi) is 1.69. The Bertz CT molecular complexity index is 148. The Balaban J connectivity index is 2.09. The minimum absolute atomic E-state index is 0.0489. The van der Waals surface area contributed by atoms with E-state index in [1.165, 1.54) is 12.8 Å². The first-order chi connectivity index (χ1) is 5.27. The number of hydrogen-bond donors (Lipinski definition) is 2. The molecule has 0 aromatic heterocycles. The molecule has 0 radical (unpaired) electrons. The number of aliphatic hydroxyl groups is 2. The number of hydrogen-bond acceptors (Lipinski definition) is 2. The molecule has 1 unspecified atom stereocenters. The fourth-order valence-corrected chi connectivity index (χ4v) is 2.90. The van der Waals surface area contributed by atoms with Gasteiger partial charge in [-0.05, 0) is 43.4 Å². The van der Waals surface area contributed by atoms with Gasteiger partial charge in [-0.1, -0.05) is 0 Å². The Hall–Kier alpha value is -0.0800. The summed E-state index contributed by atoms with van der Waals surface area (Å²) >= 11 is 0. The fourth-order valence-electron chi connectivity index (χ4n) is 2.90. The van der Waals surface area contributed by atoms with Crippen molar-refractivity contribution in [2.75, 3.05) is 6.61 Å². The average molecular weight is 156 g/mol. The van der Waals surface area contributed by atoms with Crippen LogP contribution in [0.15, 0.2) is 0 Å². The second-order valence-corrected chi connectivity index (χ2v) is 4.21. The average Bonchev–Trinajstić information content (AvgIpc) is 2.62. The highest BCUT2D eigenvalue weighted by molar-refractivity contribution is 4.99. The van der Waals surface area contributed by atoms with Crippen LogP contribution >= 0.6 is 0 Å². The van der Waals surface area contributed by atoms with Crippen molar-refractivity contribution in [3.8, 4) is 0 Å². The molecule has 0 amide bonds. The quantitative estimate of drug-likeness (QED) is 0.624. The van der Waals surface area contributed by atoms with Crippen molar-refractivity contribution in [3.05, 3.63) is 0 Å². The molecule has 2 rings (SSSR count). The smallest absolute Gasteiger partial charge is 0.0827 e. The number of fused-ring (bicyclic) bond motifs is 2. The van der Waals surface area contributed by atoms with Crippen LogP contribution in [0.1, 0.15) is 32.1 Å². The van der Waals surface area contributed by atoms with E-state index in [1.54, 1.807) is 0 Å². The molecule has 2 bridgehead atoms. The third kappa shape index (κ3) is 1.00. The monoisotopic (exact) mass is 156 g/mol. The zero-order chi connectivity index (χ0) is 7.90. The van der Waals surface area contributed by atoms with E-state index in [0.717, 1.165) is 25.2 Å². The van der Waals surface area contributed by atoms with Crippen molar-refractivity contribution in [2.45, 2.75) is 38.2 Å². The number of rotatable bonds is 2. The summed E-state index contributed by atoms with van der Waals surface area (Å²) < 4.78 is 0. The van der Waals surface area contributed by atoms with E-state index in [4.69, 9.17) is 5.11 Å². The van der Waals surface area contributed by atoms with Crippen LogP contribution in [-0.4, -0.2) is 22.9 Å². The Labute approximate surface area is 67.2 Å². The minimum atomic E-state index is -0.449. The molecule has 2 fully saturated rings. The normalized spacial score (nSPS) is 44.7. The zero-order valence-electron chi connectivity index (χ0n) is 6.79. The molecule has 0 heterocycles. The molecule has 0 aromatic carbocycles. The van der Waals surface area contributed by atoms with E-state index >= 15 is 0 Å². The molecule has 1 atom stereocenters. The summed E-state index contributed by atoms with van der Waals surface area (Å²) in [6.45, 7) is -0.0489. The Morgan fingerprint density at radius 1 is 1.36 bits per heavy atom. The lowest BCUT2D eigenvalue weighted by Crippen LogP contribution is -2.33. The first kappa shape index (κ1) is 7.56. The maximum absolute atomic E-state index is 9.58. The summed E-state index contributed by atoms with van der Waals surface area (Å²) in [7, 11) is 0. The van der Waals surface area contributed by atoms with E-state index < -0.39 is 6.10 Å². The van der Waals surface area contributed by atoms with Crippen LogP contribution in [0.25, 0.3) is 0 Å². The van der Waals surface area contributed by atoms with Gasteiger partial charge in [-0.15, -0.1) is 0 Å². The van der Waals surface area contributed by atoms with Crippen molar-refractivity contribution in [3.63, 3.8) is 0 Å². The summed E-state index contributed by atoms with van der Waals surface area (Å²) in [6.07, 6.45) is 5.54. The zero-order valence-corrected chi connectivity index (χ0v) is 6.79. The van der Waals surface area contributed by atoms with Crippen LogP contribution in [-0.2, 0) is 0 Å². The first-order valence-corrected chi connectivity index (χ1v) is 4.56. The Morgan fingerprint density at radius 2 is 2.00 bits per heavy atom. The topological polar surface area (TPSA) is 40.5 Å². The molecule has 2 heteroatoms. The van der Waals surface area contributed by atoms with Crippen LogP contribution in [0, 0.1) is 11.3 Å². The van der Waals surface area contributed by atoms with Crippen LogP contribution in [0.4, 0.5) is 0 Å². The predicted molar refractivity (Wildman–Crippen MR) is 42.1 cm³/mol. The van der Waals surface area contributed by atoms with Crippen molar-refractivity contribution >= 4 is 0 Å². The SMILES string of the molecule is OCC(O)C12CCC(CC1)C2. The molecular weight excluding hydrogens is 140 g/mol. The second-order valence-electron chi connectivity index (χ2n) is 4.21. The highest BCUT2D eigenvalue weighted by Gasteiger charge is 2.48. The molecule has 0 saturated heterocycles. The minimum Gasteiger partial charge on any atom is -0.394 e. The van der Waals surface area contributed by atoms with Crippen molar-refractivity contribution in [1.82, 2.24) is 0 Å². The van der Waals surface area contributed by atoms with Gasteiger partial charge in [-0.2, -0.15) is 0 Å². The Morgan fingerprint density at radius 3 is 2.36 bits per heavy atom. The molecule has 2 nitrogen and oxygen atoms in total. The van der Waals surface area contributed by atoms with E-state index in [-0.39, 0.29) is 12.0 Å². The molecule has 2 aliphatic carbocycles. The van der Waals surface area contributed by atoms with E-state index in [2.05, 4.69) is 0 Å². The highest BCUT2D eigenvalue weighted by Crippen LogP contribution is 2.55. The third-order valence-corrected chi connectivity index (χ3v) is 3.68. The van der Waals surface area contributed by atoms with Gasteiger partial charge in [0.1, 0.15) is 0 Å². The van der Waals surface area contributed by atoms with Crippen LogP contribution < -0.4 is 0 Å². The molecule has 64 valence electrons. The van der Waals surface area contributed by atoms with Crippen LogP contribution in [0.2, 0.25) is 0 Å². The van der Waals surface area contributed by atoms with Gasteiger partial charge in [0.25, 0.3) is 0 Å². The molecular formula is C9H16O2. The summed E-state index contributed by atoms with van der Waals surface area (Å²) in [5.41, 5.74) is 0.124. The fraction of sp³-hybridized carbons (Fsp3) is 1.00. The molecule has 11 heavy (non-hydrogen) atoms. The van der Waals surface area contributed by atoms with Crippen LogP contribution in [0.3, 0.4) is 0 Å². The van der Waals surface area contributed by atoms with E-state index in [1.807, 2.05) is 0 Å². The summed E-state index contributed by atoms with van der Waals surface area (Å²) in [6, 6.07) is 0. The molecule has 0 spiro atoms. The van der Waals surface area contributed by atoms with Crippen molar-refractivity contribution < 1.29 is 10.2 Å². The highest BCUT2D eigenvalue weighted by atomic mass is 16.3. The summed E-state index contributed by atoms with van der Waals surface area (Å²) in [4.78, 5) is 0. The van der Waals surface area contributed by atoms with Gasteiger partial charge < -0.3 is 10.2 Å². The van der Waals surface area contributed by atoms with Crippen molar-refractivity contribution in [1.29, 1.82) is 0 Å².